The molecule has 0 aliphatic rings. The van der Waals surface area contributed by atoms with Gasteiger partial charge < -0.3 is 22.1 Å². The lowest BCUT2D eigenvalue weighted by Gasteiger charge is -2.20. The number of anilines is 2. The number of hydrogen-bond donors (Lipinski definition) is 3. The van der Waals surface area contributed by atoms with Crippen molar-refractivity contribution in [1.82, 2.24) is 9.97 Å². The van der Waals surface area contributed by atoms with Crippen molar-refractivity contribution in [1.29, 1.82) is 0 Å². The van der Waals surface area contributed by atoms with E-state index in [1.807, 2.05) is 0 Å². The second-order valence-corrected chi connectivity index (χ2v) is 3.19. The van der Waals surface area contributed by atoms with Gasteiger partial charge in [-0.1, -0.05) is 0 Å². The highest BCUT2D eigenvalue weighted by atomic mass is 19.1. The second-order valence-electron chi connectivity index (χ2n) is 3.19. The van der Waals surface area contributed by atoms with Crippen LogP contribution in [0.1, 0.15) is 0 Å². The van der Waals surface area contributed by atoms with Gasteiger partial charge in [-0.2, -0.15) is 4.98 Å². The summed E-state index contributed by atoms with van der Waals surface area (Å²) in [5, 5.41) is 0. The minimum Gasteiger partial charge on any atom is -0.368 e. The van der Waals surface area contributed by atoms with Crippen molar-refractivity contribution in [3.05, 3.63) is 12.0 Å². The van der Waals surface area contributed by atoms with Gasteiger partial charge in [0.05, 0.1) is 19.3 Å². The SMILES string of the molecule is NC(=O)CN(CC(N)=O)c1nc(N)ncc1F. The van der Waals surface area contributed by atoms with E-state index in [9.17, 15) is 14.0 Å². The van der Waals surface area contributed by atoms with Crippen molar-refractivity contribution in [2.24, 2.45) is 11.5 Å². The molecule has 0 aliphatic carbocycles. The molecule has 1 aromatic heterocycles. The van der Waals surface area contributed by atoms with Crippen LogP contribution in [-0.2, 0) is 9.59 Å². The summed E-state index contributed by atoms with van der Waals surface area (Å²) < 4.78 is 13.4. The van der Waals surface area contributed by atoms with E-state index in [4.69, 9.17) is 17.2 Å². The molecule has 92 valence electrons. The number of rotatable bonds is 5. The van der Waals surface area contributed by atoms with Crippen LogP contribution in [0.3, 0.4) is 0 Å². The van der Waals surface area contributed by atoms with Crippen LogP contribution in [0, 0.1) is 5.82 Å². The number of amides is 2. The van der Waals surface area contributed by atoms with E-state index < -0.39 is 30.7 Å². The van der Waals surface area contributed by atoms with Gasteiger partial charge in [-0.3, -0.25) is 9.59 Å². The fourth-order valence-corrected chi connectivity index (χ4v) is 1.17. The molecule has 1 rings (SSSR count). The fourth-order valence-electron chi connectivity index (χ4n) is 1.17. The molecular weight excluding hydrogens is 231 g/mol. The van der Waals surface area contributed by atoms with Gasteiger partial charge >= 0.3 is 0 Å². The standard InChI is InChI=1S/C8H11FN6O2/c9-4-1-13-8(12)14-7(4)15(2-5(10)16)3-6(11)17/h1H,2-3H2,(H2,10,16)(H2,11,17)(H2,12,13,14). The monoisotopic (exact) mass is 242 g/mol. The summed E-state index contributed by atoms with van der Waals surface area (Å²) in [5.41, 5.74) is 15.2. The highest BCUT2D eigenvalue weighted by molar-refractivity contribution is 5.84. The van der Waals surface area contributed by atoms with Crippen molar-refractivity contribution >= 4 is 23.6 Å². The van der Waals surface area contributed by atoms with Gasteiger partial charge in [0.15, 0.2) is 11.6 Å². The number of carbonyl (C=O) groups is 2. The van der Waals surface area contributed by atoms with E-state index in [0.29, 0.717) is 0 Å². The molecule has 0 fully saturated rings. The minimum absolute atomic E-state index is 0.194. The lowest BCUT2D eigenvalue weighted by molar-refractivity contribution is -0.117. The Balaban J connectivity index is 3.06. The second kappa shape index (κ2) is 5.05. The molecule has 0 spiro atoms. The summed E-state index contributed by atoms with van der Waals surface area (Å²) in [6.07, 6.45) is 0.826. The number of aromatic nitrogens is 2. The Morgan fingerprint density at radius 1 is 1.29 bits per heavy atom. The topological polar surface area (TPSA) is 141 Å². The highest BCUT2D eigenvalue weighted by Crippen LogP contribution is 2.15. The molecule has 6 N–H and O–H groups in total. The van der Waals surface area contributed by atoms with E-state index >= 15 is 0 Å². The van der Waals surface area contributed by atoms with Crippen molar-refractivity contribution in [3.63, 3.8) is 0 Å². The highest BCUT2D eigenvalue weighted by Gasteiger charge is 2.18. The third-order valence-electron chi connectivity index (χ3n) is 1.74. The number of halogens is 1. The smallest absolute Gasteiger partial charge is 0.237 e. The number of carbonyl (C=O) groups excluding carboxylic acids is 2. The van der Waals surface area contributed by atoms with E-state index in [2.05, 4.69) is 9.97 Å². The van der Waals surface area contributed by atoms with Crippen LogP contribution < -0.4 is 22.1 Å². The molecule has 0 radical (unpaired) electrons. The molecule has 0 unspecified atom stereocenters. The Morgan fingerprint density at radius 2 is 1.82 bits per heavy atom. The van der Waals surface area contributed by atoms with Gasteiger partial charge in [0.2, 0.25) is 17.8 Å². The van der Waals surface area contributed by atoms with E-state index in [0.717, 1.165) is 11.1 Å². The molecule has 0 bridgehead atoms. The van der Waals surface area contributed by atoms with Crippen molar-refractivity contribution in [2.45, 2.75) is 0 Å². The number of primary amides is 2. The number of nitrogen functional groups attached to an aromatic ring is 1. The van der Waals surface area contributed by atoms with Gasteiger partial charge in [0, 0.05) is 0 Å². The average Bonchev–Trinajstić information content (AvgIpc) is 2.19. The zero-order valence-corrected chi connectivity index (χ0v) is 8.76. The zero-order chi connectivity index (χ0) is 13.0. The van der Waals surface area contributed by atoms with Crippen LogP contribution >= 0.6 is 0 Å². The zero-order valence-electron chi connectivity index (χ0n) is 8.76. The summed E-state index contributed by atoms with van der Waals surface area (Å²) in [7, 11) is 0. The number of nitrogens with two attached hydrogens (primary N) is 3. The van der Waals surface area contributed by atoms with Crippen LogP contribution in [0.25, 0.3) is 0 Å². The molecule has 1 heterocycles. The molecule has 9 heteroatoms. The Morgan fingerprint density at radius 3 is 2.29 bits per heavy atom. The fraction of sp³-hybridized carbons (Fsp3) is 0.250. The third-order valence-corrected chi connectivity index (χ3v) is 1.74. The van der Waals surface area contributed by atoms with Gasteiger partial charge in [-0.05, 0) is 0 Å². The quantitative estimate of drug-likeness (QED) is 0.544. The summed E-state index contributed by atoms with van der Waals surface area (Å²) in [5.74, 6) is -2.84. The lowest BCUT2D eigenvalue weighted by atomic mass is 10.4. The first kappa shape index (κ1) is 12.6. The van der Waals surface area contributed by atoms with E-state index in [1.165, 1.54) is 0 Å². The summed E-state index contributed by atoms with van der Waals surface area (Å²) in [6.45, 7) is -0.813. The maximum Gasteiger partial charge on any atom is 0.237 e. The average molecular weight is 242 g/mol. The van der Waals surface area contributed by atoms with E-state index in [1.54, 1.807) is 0 Å². The van der Waals surface area contributed by atoms with E-state index in [-0.39, 0.29) is 11.8 Å². The molecule has 17 heavy (non-hydrogen) atoms. The van der Waals surface area contributed by atoms with Crippen LogP contribution in [0.2, 0.25) is 0 Å². The van der Waals surface area contributed by atoms with Crippen LogP contribution in [0.5, 0.6) is 0 Å². The lowest BCUT2D eigenvalue weighted by Crippen LogP contribution is -2.40. The van der Waals surface area contributed by atoms with Gasteiger partial charge in [-0.15, -0.1) is 0 Å². The Bertz CT molecular complexity index is 436. The molecule has 0 saturated heterocycles. The maximum absolute atomic E-state index is 13.4. The first-order valence-corrected chi connectivity index (χ1v) is 4.49. The van der Waals surface area contributed by atoms with Crippen molar-refractivity contribution in [3.8, 4) is 0 Å². The van der Waals surface area contributed by atoms with Gasteiger partial charge in [0.1, 0.15) is 0 Å². The van der Waals surface area contributed by atoms with Crippen molar-refractivity contribution < 1.29 is 14.0 Å². The molecule has 0 aliphatic heterocycles. The molecule has 0 saturated carbocycles. The molecule has 8 nitrogen and oxygen atoms in total. The molecule has 2 amide bonds. The predicted octanol–water partition coefficient (Wildman–Crippen LogP) is -2.03. The van der Waals surface area contributed by atoms with Gasteiger partial charge in [-0.25, -0.2) is 9.37 Å². The Kier molecular flexibility index (Phi) is 3.75. The van der Waals surface area contributed by atoms with Crippen LogP contribution in [0.4, 0.5) is 16.2 Å². The summed E-state index contributed by atoms with van der Waals surface area (Å²) in [4.78, 5) is 29.6. The minimum atomic E-state index is -0.832. The van der Waals surface area contributed by atoms with Gasteiger partial charge in [0.25, 0.3) is 0 Å². The number of nitrogens with zero attached hydrogens (tertiary/aromatic N) is 3. The van der Waals surface area contributed by atoms with Crippen LogP contribution in [-0.4, -0.2) is 34.9 Å². The first-order valence-electron chi connectivity index (χ1n) is 4.49. The molecule has 0 atom stereocenters. The predicted molar refractivity (Wildman–Crippen MR) is 57.0 cm³/mol. The largest absolute Gasteiger partial charge is 0.368 e. The third kappa shape index (κ3) is 3.55. The summed E-state index contributed by atoms with van der Waals surface area (Å²) in [6, 6.07) is 0. The Hall–Kier alpha value is -2.45. The molecule has 0 aromatic carbocycles. The summed E-state index contributed by atoms with van der Waals surface area (Å²) >= 11 is 0. The van der Waals surface area contributed by atoms with Crippen molar-refractivity contribution in [2.75, 3.05) is 23.7 Å². The normalized spacial score (nSPS) is 9.94. The van der Waals surface area contributed by atoms with Crippen LogP contribution in [0.15, 0.2) is 6.20 Å². The maximum atomic E-state index is 13.4. The number of hydrogen-bond acceptors (Lipinski definition) is 6. The first-order chi connectivity index (χ1) is 7.90. The molecular formula is C8H11FN6O2. The molecule has 1 aromatic rings. The Labute approximate surface area is 95.6 Å².